The molecule has 1 aromatic heterocycles. The van der Waals surface area contributed by atoms with Crippen molar-refractivity contribution in [3.05, 3.63) is 46.2 Å². The van der Waals surface area contributed by atoms with Gasteiger partial charge in [-0.3, -0.25) is 9.59 Å². The van der Waals surface area contributed by atoms with Crippen LogP contribution in [-0.4, -0.2) is 28.2 Å². The van der Waals surface area contributed by atoms with Crippen molar-refractivity contribution in [2.75, 3.05) is 11.9 Å². The number of thiazole rings is 1. The molecular weight excluding hydrogens is 329 g/mol. The summed E-state index contributed by atoms with van der Waals surface area (Å²) in [7, 11) is 0. The highest BCUT2D eigenvalue weighted by Gasteiger charge is 2.31. The van der Waals surface area contributed by atoms with E-state index >= 15 is 0 Å². The number of hydrogen-bond donors (Lipinski definition) is 1. The summed E-state index contributed by atoms with van der Waals surface area (Å²) in [6, 6.07) is 6.02. The second-order valence-electron chi connectivity index (χ2n) is 6.11. The van der Waals surface area contributed by atoms with Crippen molar-refractivity contribution in [3.63, 3.8) is 0 Å². The summed E-state index contributed by atoms with van der Waals surface area (Å²) in [5, 5.41) is 3.45. The van der Waals surface area contributed by atoms with E-state index in [0.29, 0.717) is 24.6 Å². The van der Waals surface area contributed by atoms with Gasteiger partial charge in [0.05, 0.1) is 17.8 Å². The van der Waals surface area contributed by atoms with Crippen LogP contribution >= 0.6 is 11.3 Å². The minimum Gasteiger partial charge on any atom is -0.333 e. The van der Waals surface area contributed by atoms with E-state index in [4.69, 9.17) is 0 Å². The molecule has 0 unspecified atom stereocenters. The van der Waals surface area contributed by atoms with Gasteiger partial charge in [-0.05, 0) is 25.0 Å². The van der Waals surface area contributed by atoms with Crippen LogP contribution in [0.4, 0.5) is 9.52 Å². The van der Waals surface area contributed by atoms with Crippen LogP contribution in [0.1, 0.15) is 33.8 Å². The summed E-state index contributed by atoms with van der Waals surface area (Å²) in [6.07, 6.45) is 2.51. The Morgan fingerprint density at radius 3 is 2.83 bits per heavy atom. The summed E-state index contributed by atoms with van der Waals surface area (Å²) < 4.78 is 13.8. The predicted molar refractivity (Wildman–Crippen MR) is 88.3 cm³/mol. The van der Waals surface area contributed by atoms with Crippen molar-refractivity contribution in [1.82, 2.24) is 9.88 Å². The molecule has 1 aliphatic heterocycles. The van der Waals surface area contributed by atoms with E-state index in [0.717, 1.165) is 23.4 Å². The molecule has 1 fully saturated rings. The SMILES string of the molecule is O=C(Nc1nc2c(s1)CN(C(=O)c1ccccc1F)CC2)C1CC1. The smallest absolute Gasteiger partial charge is 0.257 e. The van der Waals surface area contributed by atoms with Gasteiger partial charge in [-0.25, -0.2) is 9.37 Å². The maximum Gasteiger partial charge on any atom is 0.257 e. The van der Waals surface area contributed by atoms with Gasteiger partial charge >= 0.3 is 0 Å². The molecule has 0 bridgehead atoms. The summed E-state index contributed by atoms with van der Waals surface area (Å²) in [6.45, 7) is 0.902. The van der Waals surface area contributed by atoms with Gasteiger partial charge in [-0.2, -0.15) is 0 Å². The molecule has 0 radical (unpaired) electrons. The fourth-order valence-electron chi connectivity index (χ4n) is 2.78. The highest BCUT2D eigenvalue weighted by molar-refractivity contribution is 7.15. The monoisotopic (exact) mass is 345 g/mol. The van der Waals surface area contributed by atoms with Gasteiger partial charge in [0.1, 0.15) is 5.82 Å². The zero-order valence-corrected chi connectivity index (χ0v) is 13.7. The van der Waals surface area contributed by atoms with E-state index in [2.05, 4.69) is 10.3 Å². The Kier molecular flexibility index (Phi) is 3.80. The third-order valence-electron chi connectivity index (χ3n) is 4.30. The number of nitrogens with zero attached hydrogens (tertiary/aromatic N) is 2. The van der Waals surface area contributed by atoms with Crippen LogP contribution in [0, 0.1) is 11.7 Å². The van der Waals surface area contributed by atoms with Crippen molar-refractivity contribution >= 4 is 28.3 Å². The first-order valence-electron chi connectivity index (χ1n) is 7.95. The zero-order valence-electron chi connectivity index (χ0n) is 12.9. The lowest BCUT2D eigenvalue weighted by Gasteiger charge is -2.26. The van der Waals surface area contributed by atoms with Crippen LogP contribution in [0.2, 0.25) is 0 Å². The average molecular weight is 345 g/mol. The molecular formula is C17H16FN3O2S. The van der Waals surface area contributed by atoms with Gasteiger partial charge in [-0.1, -0.05) is 23.5 Å². The summed E-state index contributed by atoms with van der Waals surface area (Å²) in [4.78, 5) is 31.4. The van der Waals surface area contributed by atoms with Crippen molar-refractivity contribution in [1.29, 1.82) is 0 Å². The van der Waals surface area contributed by atoms with Crippen LogP contribution in [0.15, 0.2) is 24.3 Å². The molecule has 5 nitrogen and oxygen atoms in total. The highest BCUT2D eigenvalue weighted by Crippen LogP contribution is 2.33. The molecule has 2 aromatic rings. The van der Waals surface area contributed by atoms with Gasteiger partial charge in [0.15, 0.2) is 5.13 Å². The Balaban J connectivity index is 1.49. The minimum absolute atomic E-state index is 0.0281. The van der Waals surface area contributed by atoms with E-state index < -0.39 is 5.82 Å². The Labute approximate surface area is 142 Å². The lowest BCUT2D eigenvalue weighted by Crippen LogP contribution is -2.35. The van der Waals surface area contributed by atoms with Crippen LogP contribution in [0.3, 0.4) is 0 Å². The Morgan fingerprint density at radius 1 is 1.29 bits per heavy atom. The van der Waals surface area contributed by atoms with E-state index in [1.165, 1.54) is 23.5 Å². The van der Waals surface area contributed by atoms with E-state index in [9.17, 15) is 14.0 Å². The molecule has 7 heteroatoms. The highest BCUT2D eigenvalue weighted by atomic mass is 32.1. The lowest BCUT2D eigenvalue weighted by atomic mass is 10.1. The first-order chi connectivity index (χ1) is 11.6. The first-order valence-corrected chi connectivity index (χ1v) is 8.76. The third-order valence-corrected chi connectivity index (χ3v) is 5.30. The molecule has 2 amide bonds. The molecule has 0 atom stereocenters. The summed E-state index contributed by atoms with van der Waals surface area (Å²) in [5.41, 5.74) is 1.01. The average Bonchev–Trinajstić information content (AvgIpc) is 3.35. The number of rotatable bonds is 3. The number of fused-ring (bicyclic) bond motifs is 1. The van der Waals surface area contributed by atoms with Gasteiger partial charge in [0.25, 0.3) is 5.91 Å². The quantitative estimate of drug-likeness (QED) is 0.930. The van der Waals surface area contributed by atoms with Crippen molar-refractivity contribution in [2.24, 2.45) is 5.92 Å². The number of anilines is 1. The van der Waals surface area contributed by atoms with E-state index in [-0.39, 0.29) is 23.3 Å². The number of nitrogens with one attached hydrogen (secondary N) is 1. The lowest BCUT2D eigenvalue weighted by molar-refractivity contribution is -0.117. The molecule has 1 aromatic carbocycles. The molecule has 0 saturated heterocycles. The van der Waals surface area contributed by atoms with Crippen molar-refractivity contribution < 1.29 is 14.0 Å². The molecule has 1 N–H and O–H groups in total. The number of carbonyl (C=O) groups excluding carboxylic acids is 2. The minimum atomic E-state index is -0.505. The van der Waals surface area contributed by atoms with Crippen LogP contribution in [0.25, 0.3) is 0 Å². The maximum atomic E-state index is 13.8. The number of amides is 2. The molecule has 24 heavy (non-hydrogen) atoms. The summed E-state index contributed by atoms with van der Waals surface area (Å²) >= 11 is 1.40. The van der Waals surface area contributed by atoms with E-state index in [1.54, 1.807) is 17.0 Å². The number of aromatic nitrogens is 1. The summed E-state index contributed by atoms with van der Waals surface area (Å²) in [5.74, 6) is -0.656. The molecule has 1 saturated carbocycles. The molecule has 124 valence electrons. The number of carbonyl (C=O) groups is 2. The fraction of sp³-hybridized carbons (Fsp3) is 0.353. The topological polar surface area (TPSA) is 62.3 Å². The molecule has 0 spiro atoms. The molecule has 4 rings (SSSR count). The van der Waals surface area contributed by atoms with Crippen molar-refractivity contribution in [3.8, 4) is 0 Å². The molecule has 1 aliphatic carbocycles. The zero-order chi connectivity index (χ0) is 16.7. The second-order valence-corrected chi connectivity index (χ2v) is 7.19. The molecule has 2 heterocycles. The van der Waals surface area contributed by atoms with Crippen LogP contribution < -0.4 is 5.32 Å². The van der Waals surface area contributed by atoms with Crippen molar-refractivity contribution in [2.45, 2.75) is 25.8 Å². The number of hydrogen-bond acceptors (Lipinski definition) is 4. The first kappa shape index (κ1) is 15.3. The fourth-order valence-corrected chi connectivity index (χ4v) is 3.81. The van der Waals surface area contributed by atoms with E-state index in [1.807, 2.05) is 0 Å². The van der Waals surface area contributed by atoms with Gasteiger partial charge in [-0.15, -0.1) is 0 Å². The maximum absolute atomic E-state index is 13.8. The van der Waals surface area contributed by atoms with Gasteiger partial charge in [0, 0.05) is 23.8 Å². The standard InChI is InChI=1S/C17H16FN3O2S/c18-12-4-2-1-3-11(12)16(23)21-8-7-13-14(9-21)24-17(19-13)20-15(22)10-5-6-10/h1-4,10H,5-9H2,(H,19,20,22). The Bertz CT molecular complexity index is 816. The Morgan fingerprint density at radius 2 is 2.08 bits per heavy atom. The largest absolute Gasteiger partial charge is 0.333 e. The second kappa shape index (κ2) is 5.98. The van der Waals surface area contributed by atoms with Gasteiger partial charge in [0.2, 0.25) is 5.91 Å². The predicted octanol–water partition coefficient (Wildman–Crippen LogP) is 2.83. The van der Waals surface area contributed by atoms with Crippen LogP contribution in [-0.2, 0) is 17.8 Å². The normalized spacial score (nSPS) is 16.6. The number of benzene rings is 1. The number of halogens is 1. The van der Waals surface area contributed by atoms with Crippen LogP contribution in [0.5, 0.6) is 0 Å². The Hall–Kier alpha value is -2.28. The third kappa shape index (κ3) is 2.91. The van der Waals surface area contributed by atoms with Gasteiger partial charge < -0.3 is 10.2 Å². The molecule has 2 aliphatic rings.